The number of hydrogen-bond donors (Lipinski definition) is 1. The van der Waals surface area contributed by atoms with Gasteiger partial charge in [0.05, 0.1) is 17.2 Å². The van der Waals surface area contributed by atoms with Gasteiger partial charge in [0.15, 0.2) is 0 Å². The quantitative estimate of drug-likeness (QED) is 0.766. The highest BCUT2D eigenvalue weighted by Crippen LogP contribution is 2.30. The van der Waals surface area contributed by atoms with Crippen LogP contribution in [-0.4, -0.2) is 14.5 Å². The summed E-state index contributed by atoms with van der Waals surface area (Å²) < 4.78 is 14.9. The van der Waals surface area contributed by atoms with E-state index >= 15 is 0 Å². The standard InChI is InChI=1S/C14H12FN3O/c15-9-3-4-10-11(5-9)17-13-12(10)14(19)18(7-16-13)6-8-1-2-8/h3-5,7-8,17H,1-2,6H2. The van der Waals surface area contributed by atoms with Crippen LogP contribution in [0, 0.1) is 11.7 Å². The number of nitrogens with zero attached hydrogens (tertiary/aromatic N) is 2. The topological polar surface area (TPSA) is 50.7 Å². The van der Waals surface area contributed by atoms with Crippen LogP contribution in [-0.2, 0) is 6.54 Å². The van der Waals surface area contributed by atoms with Crippen molar-refractivity contribution in [3.63, 3.8) is 0 Å². The van der Waals surface area contributed by atoms with Gasteiger partial charge in [-0.1, -0.05) is 0 Å². The zero-order chi connectivity index (χ0) is 13.0. The smallest absolute Gasteiger partial charge is 0.263 e. The van der Waals surface area contributed by atoms with Crippen LogP contribution in [0.5, 0.6) is 0 Å². The van der Waals surface area contributed by atoms with Crippen LogP contribution >= 0.6 is 0 Å². The molecule has 2 aromatic heterocycles. The molecule has 1 N–H and O–H groups in total. The molecule has 0 spiro atoms. The molecule has 4 nitrogen and oxygen atoms in total. The van der Waals surface area contributed by atoms with E-state index in [0.29, 0.717) is 22.5 Å². The summed E-state index contributed by atoms with van der Waals surface area (Å²) in [6, 6.07) is 4.39. The Kier molecular flexibility index (Phi) is 2.07. The van der Waals surface area contributed by atoms with Gasteiger partial charge in [0.1, 0.15) is 11.5 Å². The average Bonchev–Trinajstić information content (AvgIpc) is 3.12. The zero-order valence-corrected chi connectivity index (χ0v) is 10.2. The molecule has 3 aromatic rings. The highest BCUT2D eigenvalue weighted by Gasteiger charge is 2.23. The maximum Gasteiger partial charge on any atom is 0.263 e. The number of rotatable bonds is 2. The Balaban J connectivity index is 2.02. The van der Waals surface area contributed by atoms with Crippen molar-refractivity contribution in [2.45, 2.75) is 19.4 Å². The van der Waals surface area contributed by atoms with E-state index in [0.717, 1.165) is 11.9 Å². The Morgan fingerprint density at radius 3 is 3.05 bits per heavy atom. The number of aromatic nitrogens is 3. The van der Waals surface area contributed by atoms with Crippen molar-refractivity contribution < 1.29 is 4.39 Å². The van der Waals surface area contributed by atoms with Gasteiger partial charge in [-0.25, -0.2) is 9.37 Å². The van der Waals surface area contributed by atoms with Gasteiger partial charge in [-0.2, -0.15) is 0 Å². The average molecular weight is 257 g/mol. The lowest BCUT2D eigenvalue weighted by atomic mass is 10.2. The Labute approximate surface area is 107 Å². The predicted molar refractivity (Wildman–Crippen MR) is 70.5 cm³/mol. The van der Waals surface area contributed by atoms with E-state index in [4.69, 9.17) is 0 Å². The Morgan fingerprint density at radius 1 is 1.42 bits per heavy atom. The summed E-state index contributed by atoms with van der Waals surface area (Å²) in [6.07, 6.45) is 3.95. The molecule has 2 heterocycles. The van der Waals surface area contributed by atoms with Crippen molar-refractivity contribution >= 4 is 21.9 Å². The number of nitrogens with one attached hydrogen (secondary N) is 1. The fourth-order valence-corrected chi connectivity index (χ4v) is 2.50. The van der Waals surface area contributed by atoms with Crippen LogP contribution in [0.2, 0.25) is 0 Å². The minimum Gasteiger partial charge on any atom is -0.339 e. The van der Waals surface area contributed by atoms with E-state index in [1.165, 1.54) is 25.0 Å². The third-order valence-corrected chi connectivity index (χ3v) is 3.69. The molecule has 1 fully saturated rings. The summed E-state index contributed by atoms with van der Waals surface area (Å²) in [4.78, 5) is 19.7. The van der Waals surface area contributed by atoms with Gasteiger partial charge in [-0.15, -0.1) is 0 Å². The van der Waals surface area contributed by atoms with E-state index in [1.54, 1.807) is 17.0 Å². The van der Waals surface area contributed by atoms with Gasteiger partial charge in [-0.05, 0) is 37.0 Å². The first kappa shape index (κ1) is 10.7. The van der Waals surface area contributed by atoms with Crippen molar-refractivity contribution in [1.29, 1.82) is 0 Å². The SMILES string of the molecule is O=c1c2c(ncn1CC1CC1)[nH]c1cc(F)ccc12. The number of fused-ring (bicyclic) bond motifs is 3. The molecule has 0 atom stereocenters. The Hall–Kier alpha value is -2.17. The van der Waals surface area contributed by atoms with Gasteiger partial charge in [0.25, 0.3) is 5.56 Å². The molecule has 0 radical (unpaired) electrons. The molecule has 96 valence electrons. The second-order valence-electron chi connectivity index (χ2n) is 5.18. The van der Waals surface area contributed by atoms with Crippen LogP contribution < -0.4 is 5.56 Å². The van der Waals surface area contributed by atoms with Crippen LogP contribution in [0.15, 0.2) is 29.3 Å². The Bertz CT molecular complexity index is 845. The van der Waals surface area contributed by atoms with Crippen molar-refractivity contribution in [3.05, 3.63) is 40.7 Å². The van der Waals surface area contributed by atoms with Crippen molar-refractivity contribution in [2.24, 2.45) is 5.92 Å². The molecule has 0 saturated heterocycles. The largest absolute Gasteiger partial charge is 0.339 e. The molecular weight excluding hydrogens is 245 g/mol. The minimum atomic E-state index is -0.322. The fraction of sp³-hybridized carbons (Fsp3) is 0.286. The minimum absolute atomic E-state index is 0.0465. The van der Waals surface area contributed by atoms with Crippen LogP contribution in [0.3, 0.4) is 0 Å². The maximum absolute atomic E-state index is 13.2. The first-order chi connectivity index (χ1) is 9.22. The molecule has 5 heteroatoms. The zero-order valence-electron chi connectivity index (χ0n) is 10.2. The molecule has 1 saturated carbocycles. The van der Waals surface area contributed by atoms with Crippen molar-refractivity contribution in [1.82, 2.24) is 14.5 Å². The number of H-pyrrole nitrogens is 1. The third kappa shape index (κ3) is 1.65. The third-order valence-electron chi connectivity index (χ3n) is 3.69. The normalized spacial score (nSPS) is 15.4. The number of aromatic amines is 1. The van der Waals surface area contributed by atoms with E-state index < -0.39 is 0 Å². The second-order valence-corrected chi connectivity index (χ2v) is 5.18. The number of benzene rings is 1. The molecule has 1 aliphatic carbocycles. The van der Waals surface area contributed by atoms with Gasteiger partial charge < -0.3 is 4.98 Å². The van der Waals surface area contributed by atoms with Gasteiger partial charge in [-0.3, -0.25) is 9.36 Å². The molecule has 0 amide bonds. The van der Waals surface area contributed by atoms with Crippen molar-refractivity contribution in [2.75, 3.05) is 0 Å². The first-order valence-electron chi connectivity index (χ1n) is 6.39. The number of hydrogen-bond acceptors (Lipinski definition) is 2. The predicted octanol–water partition coefficient (Wildman–Crippen LogP) is 2.43. The van der Waals surface area contributed by atoms with E-state index in [-0.39, 0.29) is 11.4 Å². The number of halogens is 1. The lowest BCUT2D eigenvalue weighted by Gasteiger charge is -2.02. The molecular formula is C14H12FN3O. The van der Waals surface area contributed by atoms with E-state index in [2.05, 4.69) is 9.97 Å². The first-order valence-corrected chi connectivity index (χ1v) is 6.39. The molecule has 4 rings (SSSR count). The van der Waals surface area contributed by atoms with Crippen LogP contribution in [0.4, 0.5) is 4.39 Å². The highest BCUT2D eigenvalue weighted by atomic mass is 19.1. The summed E-state index contributed by atoms with van der Waals surface area (Å²) in [7, 11) is 0. The monoisotopic (exact) mass is 257 g/mol. The second kappa shape index (κ2) is 3.66. The van der Waals surface area contributed by atoms with Gasteiger partial charge in [0.2, 0.25) is 0 Å². The van der Waals surface area contributed by atoms with Gasteiger partial charge in [0, 0.05) is 11.9 Å². The molecule has 0 unspecified atom stereocenters. The molecule has 1 aromatic carbocycles. The van der Waals surface area contributed by atoms with E-state index in [1.807, 2.05) is 0 Å². The summed E-state index contributed by atoms with van der Waals surface area (Å²) in [5.74, 6) is 0.289. The summed E-state index contributed by atoms with van der Waals surface area (Å²) >= 11 is 0. The highest BCUT2D eigenvalue weighted by molar-refractivity contribution is 6.05. The Morgan fingerprint density at radius 2 is 2.26 bits per heavy atom. The molecule has 1 aliphatic rings. The molecule has 0 bridgehead atoms. The summed E-state index contributed by atoms with van der Waals surface area (Å²) in [5, 5.41) is 1.29. The summed E-state index contributed by atoms with van der Waals surface area (Å²) in [6.45, 7) is 0.732. The maximum atomic E-state index is 13.2. The summed E-state index contributed by atoms with van der Waals surface area (Å²) in [5.41, 5.74) is 1.09. The van der Waals surface area contributed by atoms with Gasteiger partial charge >= 0.3 is 0 Å². The fourth-order valence-electron chi connectivity index (χ4n) is 2.50. The van der Waals surface area contributed by atoms with E-state index in [9.17, 15) is 9.18 Å². The lowest BCUT2D eigenvalue weighted by Crippen LogP contribution is -2.21. The van der Waals surface area contributed by atoms with Crippen LogP contribution in [0.25, 0.3) is 21.9 Å². The van der Waals surface area contributed by atoms with Crippen LogP contribution in [0.1, 0.15) is 12.8 Å². The molecule has 19 heavy (non-hydrogen) atoms. The lowest BCUT2D eigenvalue weighted by molar-refractivity contribution is 0.602. The van der Waals surface area contributed by atoms with Crippen molar-refractivity contribution in [3.8, 4) is 0 Å². The molecule has 0 aliphatic heterocycles.